The van der Waals surface area contributed by atoms with Crippen LogP contribution in [0.3, 0.4) is 0 Å². The monoisotopic (exact) mass is 237 g/mol. The van der Waals surface area contributed by atoms with Gasteiger partial charge in [-0.25, -0.2) is 9.97 Å². The molecule has 0 saturated carbocycles. The van der Waals surface area contributed by atoms with E-state index in [0.29, 0.717) is 23.1 Å². The quantitative estimate of drug-likeness (QED) is 0.756. The van der Waals surface area contributed by atoms with Crippen molar-refractivity contribution in [2.45, 2.75) is 6.42 Å². The molecule has 0 aliphatic carbocycles. The van der Waals surface area contributed by atoms with Gasteiger partial charge < -0.3 is 16.0 Å². The zero-order valence-corrected chi connectivity index (χ0v) is 9.33. The number of H-pyrrole nitrogens is 1. The van der Waals surface area contributed by atoms with E-state index in [1.807, 2.05) is 0 Å². The number of nitrogens with zero attached hydrogens (tertiary/aromatic N) is 2. The summed E-state index contributed by atoms with van der Waals surface area (Å²) in [6.07, 6.45) is 5.87. The molecule has 0 bridgehead atoms. The molecule has 0 aliphatic rings. The van der Waals surface area contributed by atoms with Crippen LogP contribution in [0.5, 0.6) is 0 Å². The second-order valence-electron chi connectivity index (χ2n) is 3.30. The van der Waals surface area contributed by atoms with Gasteiger partial charge in [0.2, 0.25) is 0 Å². The lowest BCUT2D eigenvalue weighted by Gasteiger charge is -2.07. The minimum absolute atomic E-state index is 0.536. The summed E-state index contributed by atoms with van der Waals surface area (Å²) < 4.78 is 0. The molecule has 16 heavy (non-hydrogen) atoms. The average Bonchev–Trinajstić information content (AvgIpc) is 2.74. The highest BCUT2D eigenvalue weighted by Crippen LogP contribution is 2.18. The molecule has 4 N–H and O–H groups in total. The molecule has 0 aromatic carbocycles. The highest BCUT2D eigenvalue weighted by Gasteiger charge is 2.01. The van der Waals surface area contributed by atoms with Crippen molar-refractivity contribution in [2.75, 3.05) is 17.6 Å². The van der Waals surface area contributed by atoms with Gasteiger partial charge in [-0.15, -0.1) is 0 Å². The molecule has 0 fully saturated rings. The number of rotatable bonds is 4. The van der Waals surface area contributed by atoms with Gasteiger partial charge in [-0.2, -0.15) is 0 Å². The molecular formula is C10H12ClN5. The predicted molar refractivity (Wildman–Crippen MR) is 64.4 cm³/mol. The van der Waals surface area contributed by atoms with Gasteiger partial charge in [0.15, 0.2) is 0 Å². The van der Waals surface area contributed by atoms with Crippen molar-refractivity contribution < 1.29 is 0 Å². The lowest BCUT2D eigenvalue weighted by Crippen LogP contribution is -2.09. The summed E-state index contributed by atoms with van der Waals surface area (Å²) in [7, 11) is 0. The molecule has 0 amide bonds. The third-order valence-corrected chi connectivity index (χ3v) is 2.30. The van der Waals surface area contributed by atoms with E-state index in [9.17, 15) is 0 Å². The summed E-state index contributed by atoms with van der Waals surface area (Å²) >= 11 is 5.75. The van der Waals surface area contributed by atoms with E-state index in [-0.39, 0.29) is 0 Å². The lowest BCUT2D eigenvalue weighted by atomic mass is 10.3. The van der Waals surface area contributed by atoms with Gasteiger partial charge in [0.25, 0.3) is 0 Å². The van der Waals surface area contributed by atoms with Gasteiger partial charge in [0, 0.05) is 31.6 Å². The standard InChI is InChI=1S/C10H12ClN5/c11-7-5-8(12)10(16-6-7)15-2-1-9-13-3-4-14-9/h3-6H,1-2,12H2,(H,13,14)(H,15,16). The first-order valence-corrected chi connectivity index (χ1v) is 5.26. The molecule has 2 heterocycles. The lowest BCUT2D eigenvalue weighted by molar-refractivity contribution is 0.922. The van der Waals surface area contributed by atoms with Crippen molar-refractivity contribution in [2.24, 2.45) is 0 Å². The van der Waals surface area contributed by atoms with Crippen LogP contribution >= 0.6 is 11.6 Å². The second-order valence-corrected chi connectivity index (χ2v) is 3.74. The summed E-state index contributed by atoms with van der Waals surface area (Å²) in [6.45, 7) is 0.715. The molecule has 0 aliphatic heterocycles. The summed E-state index contributed by atoms with van der Waals surface area (Å²) in [4.78, 5) is 11.2. The van der Waals surface area contributed by atoms with Gasteiger partial charge in [0.05, 0.1) is 10.7 Å². The highest BCUT2D eigenvalue weighted by atomic mass is 35.5. The molecule has 0 atom stereocenters. The summed E-state index contributed by atoms with van der Waals surface area (Å²) in [5, 5.41) is 3.66. The van der Waals surface area contributed by atoms with Crippen LogP contribution in [0.25, 0.3) is 0 Å². The number of hydrogen-bond acceptors (Lipinski definition) is 4. The SMILES string of the molecule is Nc1cc(Cl)cnc1NCCc1ncc[nH]1. The van der Waals surface area contributed by atoms with E-state index < -0.39 is 0 Å². The Labute approximate surface area is 98.1 Å². The molecule has 2 aromatic heterocycles. The Bertz CT molecular complexity index is 454. The van der Waals surface area contributed by atoms with Crippen LogP contribution in [-0.2, 0) is 6.42 Å². The van der Waals surface area contributed by atoms with Crippen LogP contribution in [-0.4, -0.2) is 21.5 Å². The summed E-state index contributed by atoms with van der Waals surface area (Å²) in [6, 6.07) is 1.67. The maximum absolute atomic E-state index is 5.75. The van der Waals surface area contributed by atoms with Crippen LogP contribution in [0.2, 0.25) is 5.02 Å². The maximum atomic E-state index is 5.75. The van der Waals surface area contributed by atoms with Crippen LogP contribution < -0.4 is 11.1 Å². The van der Waals surface area contributed by atoms with Gasteiger partial charge in [-0.1, -0.05) is 11.6 Å². The van der Waals surface area contributed by atoms with Gasteiger partial charge in [-0.05, 0) is 6.07 Å². The fourth-order valence-electron chi connectivity index (χ4n) is 1.34. The van der Waals surface area contributed by atoms with Crippen LogP contribution in [0.1, 0.15) is 5.82 Å². The van der Waals surface area contributed by atoms with Crippen molar-refractivity contribution in [3.63, 3.8) is 0 Å². The smallest absolute Gasteiger partial charge is 0.149 e. The Balaban J connectivity index is 1.90. The van der Waals surface area contributed by atoms with E-state index >= 15 is 0 Å². The minimum atomic E-state index is 0.536. The normalized spacial score (nSPS) is 10.3. The zero-order chi connectivity index (χ0) is 11.4. The molecule has 0 spiro atoms. The number of imidazole rings is 1. The van der Waals surface area contributed by atoms with E-state index in [1.165, 1.54) is 0 Å². The first-order chi connectivity index (χ1) is 7.75. The molecule has 2 aromatic rings. The van der Waals surface area contributed by atoms with Gasteiger partial charge in [-0.3, -0.25) is 0 Å². The van der Waals surface area contributed by atoms with Crippen LogP contribution in [0, 0.1) is 0 Å². The summed E-state index contributed by atoms with van der Waals surface area (Å²) in [5.41, 5.74) is 6.30. The van der Waals surface area contributed by atoms with Crippen molar-refractivity contribution in [1.29, 1.82) is 0 Å². The van der Waals surface area contributed by atoms with Gasteiger partial charge in [0.1, 0.15) is 11.6 Å². The fraction of sp³-hybridized carbons (Fsp3) is 0.200. The number of hydrogen-bond donors (Lipinski definition) is 3. The van der Waals surface area contributed by atoms with Gasteiger partial charge >= 0.3 is 0 Å². The number of nitrogens with one attached hydrogen (secondary N) is 2. The molecule has 2 rings (SSSR count). The Morgan fingerprint density at radius 1 is 1.44 bits per heavy atom. The van der Waals surface area contributed by atoms with E-state index in [0.717, 1.165) is 12.2 Å². The first kappa shape index (κ1) is 10.8. The number of nitrogens with two attached hydrogens (primary N) is 1. The third-order valence-electron chi connectivity index (χ3n) is 2.09. The third kappa shape index (κ3) is 2.64. The van der Waals surface area contributed by atoms with E-state index in [2.05, 4.69) is 20.3 Å². The molecule has 0 radical (unpaired) electrons. The molecular weight excluding hydrogens is 226 g/mol. The number of halogens is 1. The molecule has 0 unspecified atom stereocenters. The van der Waals surface area contributed by atoms with E-state index in [1.54, 1.807) is 24.7 Å². The predicted octanol–water partition coefficient (Wildman–Crippen LogP) is 1.69. The Hall–Kier alpha value is -1.75. The molecule has 84 valence electrons. The topological polar surface area (TPSA) is 79.6 Å². The Morgan fingerprint density at radius 3 is 3.00 bits per heavy atom. The van der Waals surface area contributed by atoms with Crippen molar-refractivity contribution in [3.8, 4) is 0 Å². The van der Waals surface area contributed by atoms with Crippen molar-refractivity contribution >= 4 is 23.1 Å². The molecule has 5 nitrogen and oxygen atoms in total. The molecule has 0 saturated heterocycles. The minimum Gasteiger partial charge on any atom is -0.396 e. The summed E-state index contributed by atoms with van der Waals surface area (Å²) in [5.74, 6) is 1.58. The Kier molecular flexibility index (Phi) is 3.26. The number of nitrogen functional groups attached to an aromatic ring is 1. The maximum Gasteiger partial charge on any atom is 0.149 e. The van der Waals surface area contributed by atoms with Crippen LogP contribution in [0.4, 0.5) is 11.5 Å². The van der Waals surface area contributed by atoms with Crippen LogP contribution in [0.15, 0.2) is 24.7 Å². The second kappa shape index (κ2) is 4.85. The number of pyridine rings is 1. The number of anilines is 2. The van der Waals surface area contributed by atoms with Crippen molar-refractivity contribution in [3.05, 3.63) is 35.5 Å². The molecule has 6 heteroatoms. The fourth-order valence-corrected chi connectivity index (χ4v) is 1.50. The largest absolute Gasteiger partial charge is 0.396 e. The first-order valence-electron chi connectivity index (χ1n) is 4.89. The van der Waals surface area contributed by atoms with E-state index in [4.69, 9.17) is 17.3 Å². The number of aromatic nitrogens is 3. The average molecular weight is 238 g/mol. The highest BCUT2D eigenvalue weighted by molar-refractivity contribution is 6.30. The Morgan fingerprint density at radius 2 is 2.31 bits per heavy atom. The zero-order valence-electron chi connectivity index (χ0n) is 8.57. The number of aromatic amines is 1. The van der Waals surface area contributed by atoms with Crippen molar-refractivity contribution in [1.82, 2.24) is 15.0 Å².